The minimum Gasteiger partial charge on any atom is -0.496 e. The highest BCUT2D eigenvalue weighted by molar-refractivity contribution is 6.02. The van der Waals surface area contributed by atoms with Crippen LogP contribution in [0.15, 0.2) is 48.5 Å². The Morgan fingerprint density at radius 3 is 2.43 bits per heavy atom. The van der Waals surface area contributed by atoms with E-state index in [2.05, 4.69) is 5.32 Å². The Morgan fingerprint density at radius 1 is 1.13 bits per heavy atom. The number of amides is 1. The van der Waals surface area contributed by atoms with Gasteiger partial charge in [-0.25, -0.2) is 4.79 Å². The molecule has 0 aliphatic carbocycles. The Kier molecular flexibility index (Phi) is 5.15. The van der Waals surface area contributed by atoms with Crippen LogP contribution in [0.25, 0.3) is 6.08 Å². The molecule has 0 saturated heterocycles. The molecule has 0 fully saturated rings. The van der Waals surface area contributed by atoms with Gasteiger partial charge in [0.25, 0.3) is 0 Å². The lowest BCUT2D eigenvalue weighted by Gasteiger charge is -2.05. The molecule has 23 heavy (non-hydrogen) atoms. The van der Waals surface area contributed by atoms with Gasteiger partial charge in [-0.05, 0) is 54.5 Å². The number of carbonyl (C=O) groups is 2. The number of ether oxygens (including phenoxy) is 1. The maximum Gasteiger partial charge on any atom is 0.335 e. The predicted molar refractivity (Wildman–Crippen MR) is 88.8 cm³/mol. The van der Waals surface area contributed by atoms with Crippen molar-refractivity contribution < 1.29 is 19.4 Å². The lowest BCUT2D eigenvalue weighted by atomic mass is 10.1. The first-order valence-corrected chi connectivity index (χ1v) is 6.96. The van der Waals surface area contributed by atoms with Crippen LogP contribution in [0.1, 0.15) is 21.5 Å². The van der Waals surface area contributed by atoms with Crippen molar-refractivity contribution in [2.45, 2.75) is 6.92 Å². The molecule has 0 unspecified atom stereocenters. The monoisotopic (exact) mass is 311 g/mol. The number of aromatic carboxylic acids is 1. The van der Waals surface area contributed by atoms with E-state index in [1.807, 2.05) is 25.1 Å². The summed E-state index contributed by atoms with van der Waals surface area (Å²) >= 11 is 0. The van der Waals surface area contributed by atoms with Gasteiger partial charge in [0.05, 0.1) is 12.7 Å². The van der Waals surface area contributed by atoms with E-state index >= 15 is 0 Å². The fraction of sp³-hybridized carbons (Fsp3) is 0.111. The minimum atomic E-state index is -1.00. The molecule has 2 N–H and O–H groups in total. The molecule has 5 heteroatoms. The van der Waals surface area contributed by atoms with Gasteiger partial charge in [-0.3, -0.25) is 4.79 Å². The number of rotatable bonds is 5. The van der Waals surface area contributed by atoms with E-state index in [9.17, 15) is 9.59 Å². The van der Waals surface area contributed by atoms with Crippen molar-refractivity contribution in [1.82, 2.24) is 0 Å². The zero-order valence-electron chi connectivity index (χ0n) is 12.9. The number of methoxy groups -OCH3 is 1. The SMILES string of the molecule is COc1cc(/C=C/C(=O)Nc2ccc(C(=O)O)cc2)ccc1C. The van der Waals surface area contributed by atoms with E-state index in [1.54, 1.807) is 25.3 Å². The number of aryl methyl sites for hydroxylation is 1. The third-order valence-electron chi connectivity index (χ3n) is 3.26. The zero-order chi connectivity index (χ0) is 16.8. The first kappa shape index (κ1) is 16.3. The van der Waals surface area contributed by atoms with Gasteiger partial charge < -0.3 is 15.2 Å². The zero-order valence-corrected chi connectivity index (χ0v) is 12.9. The summed E-state index contributed by atoms with van der Waals surface area (Å²) in [4.78, 5) is 22.6. The van der Waals surface area contributed by atoms with Gasteiger partial charge in [0.15, 0.2) is 0 Å². The molecule has 0 aliphatic rings. The highest BCUT2D eigenvalue weighted by Gasteiger charge is 2.03. The van der Waals surface area contributed by atoms with Crippen LogP contribution >= 0.6 is 0 Å². The Bertz CT molecular complexity index is 748. The third-order valence-corrected chi connectivity index (χ3v) is 3.26. The Labute approximate surface area is 134 Å². The Morgan fingerprint density at radius 2 is 1.83 bits per heavy atom. The number of benzene rings is 2. The molecular formula is C18H17NO4. The minimum absolute atomic E-state index is 0.172. The third kappa shape index (κ3) is 4.44. The van der Waals surface area contributed by atoms with E-state index in [0.29, 0.717) is 5.69 Å². The van der Waals surface area contributed by atoms with Crippen molar-refractivity contribution >= 4 is 23.6 Å². The van der Waals surface area contributed by atoms with Crippen LogP contribution in [-0.4, -0.2) is 24.1 Å². The van der Waals surface area contributed by atoms with Gasteiger partial charge in [0, 0.05) is 11.8 Å². The molecule has 0 bridgehead atoms. The Hall–Kier alpha value is -3.08. The summed E-state index contributed by atoms with van der Waals surface area (Å²) in [6, 6.07) is 11.6. The molecule has 0 aromatic heterocycles. The molecular weight excluding hydrogens is 294 g/mol. The van der Waals surface area contributed by atoms with Crippen LogP contribution < -0.4 is 10.1 Å². The molecule has 0 aliphatic heterocycles. The van der Waals surface area contributed by atoms with Crippen molar-refractivity contribution in [3.63, 3.8) is 0 Å². The van der Waals surface area contributed by atoms with Gasteiger partial charge in [-0.15, -0.1) is 0 Å². The second-order valence-electron chi connectivity index (χ2n) is 4.93. The summed E-state index contributed by atoms with van der Waals surface area (Å²) in [5, 5.41) is 11.5. The Balaban J connectivity index is 2.02. The molecule has 0 saturated carbocycles. The van der Waals surface area contributed by atoms with Gasteiger partial charge in [0.1, 0.15) is 5.75 Å². The average Bonchev–Trinajstić information content (AvgIpc) is 2.54. The smallest absolute Gasteiger partial charge is 0.335 e. The van der Waals surface area contributed by atoms with Crippen LogP contribution in [0.5, 0.6) is 5.75 Å². The van der Waals surface area contributed by atoms with Crippen LogP contribution in [-0.2, 0) is 4.79 Å². The highest BCUT2D eigenvalue weighted by Crippen LogP contribution is 2.19. The maximum atomic E-state index is 11.9. The number of carboxylic acids is 1. The molecule has 0 radical (unpaired) electrons. The van der Waals surface area contributed by atoms with Crippen LogP contribution in [0.4, 0.5) is 5.69 Å². The first-order valence-electron chi connectivity index (χ1n) is 6.96. The number of hydrogen-bond donors (Lipinski definition) is 2. The second kappa shape index (κ2) is 7.26. The van der Waals surface area contributed by atoms with E-state index in [0.717, 1.165) is 16.9 Å². The molecule has 1 amide bonds. The molecule has 0 heterocycles. The topological polar surface area (TPSA) is 75.6 Å². The molecule has 2 rings (SSSR count). The van der Waals surface area contributed by atoms with Crippen LogP contribution in [0.2, 0.25) is 0 Å². The van der Waals surface area contributed by atoms with Crippen LogP contribution in [0, 0.1) is 6.92 Å². The number of hydrogen-bond acceptors (Lipinski definition) is 3. The lowest BCUT2D eigenvalue weighted by Crippen LogP contribution is -2.08. The summed E-state index contributed by atoms with van der Waals surface area (Å²) < 4.78 is 5.24. The van der Waals surface area contributed by atoms with Crippen molar-refractivity contribution in [1.29, 1.82) is 0 Å². The summed E-state index contributed by atoms with van der Waals surface area (Å²) in [5.74, 6) is -0.541. The summed E-state index contributed by atoms with van der Waals surface area (Å²) in [6.45, 7) is 1.94. The molecule has 2 aromatic carbocycles. The number of carboxylic acid groups (broad SMARTS) is 1. The standard InChI is InChI=1S/C18H17NO4/c1-12-3-4-13(11-16(12)23-2)5-10-17(20)19-15-8-6-14(7-9-15)18(21)22/h3-11H,1-2H3,(H,19,20)(H,21,22)/b10-5+. The van der Waals surface area contributed by atoms with E-state index in [4.69, 9.17) is 9.84 Å². The van der Waals surface area contributed by atoms with Gasteiger partial charge in [-0.1, -0.05) is 12.1 Å². The fourth-order valence-electron chi connectivity index (χ4n) is 1.99. The molecule has 0 spiro atoms. The van der Waals surface area contributed by atoms with Crippen molar-refractivity contribution in [3.8, 4) is 5.75 Å². The number of anilines is 1. The van der Waals surface area contributed by atoms with Crippen molar-refractivity contribution in [3.05, 3.63) is 65.2 Å². The van der Waals surface area contributed by atoms with Gasteiger partial charge >= 0.3 is 5.97 Å². The fourth-order valence-corrected chi connectivity index (χ4v) is 1.99. The summed E-state index contributed by atoms with van der Waals surface area (Å²) in [7, 11) is 1.60. The molecule has 2 aromatic rings. The maximum absolute atomic E-state index is 11.9. The summed E-state index contributed by atoms with van der Waals surface area (Å²) in [6.07, 6.45) is 3.10. The average molecular weight is 311 g/mol. The van der Waals surface area contributed by atoms with E-state index < -0.39 is 5.97 Å². The van der Waals surface area contributed by atoms with Gasteiger partial charge in [-0.2, -0.15) is 0 Å². The van der Waals surface area contributed by atoms with E-state index in [1.165, 1.54) is 18.2 Å². The quantitative estimate of drug-likeness (QED) is 0.830. The molecule has 5 nitrogen and oxygen atoms in total. The number of carbonyl (C=O) groups excluding carboxylic acids is 1. The second-order valence-corrected chi connectivity index (χ2v) is 4.93. The lowest BCUT2D eigenvalue weighted by molar-refractivity contribution is -0.111. The molecule has 0 atom stereocenters. The number of nitrogens with one attached hydrogen (secondary N) is 1. The van der Waals surface area contributed by atoms with Crippen molar-refractivity contribution in [2.24, 2.45) is 0 Å². The summed E-state index contributed by atoms with van der Waals surface area (Å²) in [5.41, 5.74) is 2.58. The van der Waals surface area contributed by atoms with E-state index in [-0.39, 0.29) is 11.5 Å². The van der Waals surface area contributed by atoms with Gasteiger partial charge in [0.2, 0.25) is 5.91 Å². The highest BCUT2D eigenvalue weighted by atomic mass is 16.5. The normalized spacial score (nSPS) is 10.5. The van der Waals surface area contributed by atoms with Crippen LogP contribution in [0.3, 0.4) is 0 Å². The molecule has 118 valence electrons. The largest absolute Gasteiger partial charge is 0.496 e. The first-order chi connectivity index (χ1) is 11.0. The van der Waals surface area contributed by atoms with Crippen molar-refractivity contribution in [2.75, 3.05) is 12.4 Å². The predicted octanol–water partition coefficient (Wildman–Crippen LogP) is 3.35.